The smallest absolute Gasteiger partial charge is 0.136 e. The van der Waals surface area contributed by atoms with Crippen LogP contribution in [0, 0.1) is 23.2 Å². The summed E-state index contributed by atoms with van der Waals surface area (Å²) < 4.78 is 0. The Hall–Kier alpha value is -0.590. The lowest BCUT2D eigenvalue weighted by Crippen LogP contribution is -2.52. The molecule has 3 unspecified atom stereocenters. The van der Waals surface area contributed by atoms with E-state index >= 15 is 0 Å². The molecule has 0 aromatic rings. The second-order valence-electron chi connectivity index (χ2n) is 5.28. The van der Waals surface area contributed by atoms with Gasteiger partial charge in [0.25, 0.3) is 0 Å². The van der Waals surface area contributed by atoms with Gasteiger partial charge in [-0.3, -0.25) is 4.79 Å². The van der Waals surface area contributed by atoms with E-state index in [0.717, 1.165) is 12.3 Å². The van der Waals surface area contributed by atoms with Crippen molar-refractivity contribution in [1.82, 2.24) is 0 Å². The summed E-state index contributed by atoms with van der Waals surface area (Å²) in [7, 11) is 0. The zero-order valence-electron chi connectivity index (χ0n) is 8.76. The normalized spacial score (nSPS) is 41.2. The van der Waals surface area contributed by atoms with E-state index in [-0.39, 0.29) is 5.92 Å². The van der Waals surface area contributed by atoms with Gasteiger partial charge in [-0.25, -0.2) is 0 Å². The number of hydrogen-bond donors (Lipinski definition) is 0. The zero-order valence-corrected chi connectivity index (χ0v) is 8.76. The predicted molar refractivity (Wildman–Crippen MR) is 53.3 cm³/mol. The first-order valence-electron chi connectivity index (χ1n) is 5.13. The van der Waals surface area contributed by atoms with Gasteiger partial charge in [0.1, 0.15) is 5.78 Å². The third-order valence-electron chi connectivity index (χ3n) is 4.38. The van der Waals surface area contributed by atoms with Gasteiger partial charge < -0.3 is 0 Å². The fourth-order valence-electron chi connectivity index (χ4n) is 3.15. The topological polar surface area (TPSA) is 17.1 Å². The number of carbonyl (C=O) groups is 1. The Morgan fingerprint density at radius 3 is 2.46 bits per heavy atom. The van der Waals surface area contributed by atoms with Crippen molar-refractivity contribution in [3.05, 3.63) is 12.2 Å². The molecule has 0 heterocycles. The van der Waals surface area contributed by atoms with E-state index in [0.29, 0.717) is 17.1 Å². The standard InChI is InChI=1S/C12H18O/c1-7-10(8(2)13)5-9-6-11(7)12(9,3)4/h9-11H,1,5-6H2,2-4H3. The molecule has 3 rings (SSSR count). The minimum absolute atomic E-state index is 0.178. The van der Waals surface area contributed by atoms with Gasteiger partial charge in [-0.05, 0) is 37.0 Å². The highest BCUT2D eigenvalue weighted by atomic mass is 16.1. The lowest BCUT2D eigenvalue weighted by atomic mass is 9.45. The fraction of sp³-hybridized carbons (Fsp3) is 0.750. The Morgan fingerprint density at radius 2 is 2.08 bits per heavy atom. The van der Waals surface area contributed by atoms with Gasteiger partial charge in [0.2, 0.25) is 0 Å². The van der Waals surface area contributed by atoms with E-state index < -0.39 is 0 Å². The zero-order chi connectivity index (χ0) is 9.80. The monoisotopic (exact) mass is 178 g/mol. The number of Topliss-reactive ketones (excluding diaryl/α,β-unsaturated/α-hetero) is 1. The van der Waals surface area contributed by atoms with E-state index in [1.807, 2.05) is 0 Å². The summed E-state index contributed by atoms with van der Waals surface area (Å²) >= 11 is 0. The number of hydrogen-bond acceptors (Lipinski definition) is 1. The van der Waals surface area contributed by atoms with Gasteiger partial charge >= 0.3 is 0 Å². The maximum absolute atomic E-state index is 11.3. The summed E-state index contributed by atoms with van der Waals surface area (Å²) in [6.45, 7) is 10.4. The maximum Gasteiger partial charge on any atom is 0.136 e. The molecule has 72 valence electrons. The molecule has 0 aliphatic heterocycles. The molecule has 0 spiro atoms. The maximum atomic E-state index is 11.3. The minimum Gasteiger partial charge on any atom is -0.299 e. The van der Waals surface area contributed by atoms with Gasteiger partial charge in [0.15, 0.2) is 0 Å². The summed E-state index contributed by atoms with van der Waals surface area (Å²) in [4.78, 5) is 11.3. The van der Waals surface area contributed by atoms with E-state index in [2.05, 4.69) is 20.4 Å². The van der Waals surface area contributed by atoms with Crippen molar-refractivity contribution in [2.45, 2.75) is 33.6 Å². The van der Waals surface area contributed by atoms with Crippen molar-refractivity contribution in [3.8, 4) is 0 Å². The Morgan fingerprint density at radius 1 is 1.46 bits per heavy atom. The van der Waals surface area contributed by atoms with Crippen LogP contribution in [0.25, 0.3) is 0 Å². The quantitative estimate of drug-likeness (QED) is 0.564. The Kier molecular flexibility index (Phi) is 1.70. The van der Waals surface area contributed by atoms with Crippen LogP contribution in [-0.2, 0) is 4.79 Å². The van der Waals surface area contributed by atoms with Gasteiger partial charge in [-0.1, -0.05) is 26.0 Å². The van der Waals surface area contributed by atoms with Crippen LogP contribution in [0.15, 0.2) is 12.2 Å². The van der Waals surface area contributed by atoms with E-state index in [9.17, 15) is 4.79 Å². The van der Waals surface area contributed by atoms with E-state index in [1.165, 1.54) is 12.0 Å². The first-order valence-corrected chi connectivity index (χ1v) is 5.13. The average molecular weight is 178 g/mol. The first kappa shape index (κ1) is 8.98. The third-order valence-corrected chi connectivity index (χ3v) is 4.38. The molecular weight excluding hydrogens is 160 g/mol. The molecule has 1 heteroatoms. The number of rotatable bonds is 1. The molecule has 3 saturated carbocycles. The number of allylic oxidation sites excluding steroid dienone is 1. The molecule has 0 N–H and O–H groups in total. The molecular formula is C12H18O. The van der Waals surface area contributed by atoms with Crippen LogP contribution in [0.2, 0.25) is 0 Å². The lowest BCUT2D eigenvalue weighted by Gasteiger charge is -2.59. The van der Waals surface area contributed by atoms with Crippen LogP contribution in [0.5, 0.6) is 0 Å². The van der Waals surface area contributed by atoms with Gasteiger partial charge in [0.05, 0.1) is 0 Å². The molecule has 3 aliphatic rings. The van der Waals surface area contributed by atoms with E-state index in [1.54, 1.807) is 6.92 Å². The second-order valence-corrected chi connectivity index (χ2v) is 5.28. The largest absolute Gasteiger partial charge is 0.299 e. The van der Waals surface area contributed by atoms with Crippen molar-refractivity contribution >= 4 is 5.78 Å². The van der Waals surface area contributed by atoms with Gasteiger partial charge in [-0.2, -0.15) is 0 Å². The molecule has 0 amide bonds. The van der Waals surface area contributed by atoms with Crippen LogP contribution in [-0.4, -0.2) is 5.78 Å². The van der Waals surface area contributed by atoms with Crippen molar-refractivity contribution < 1.29 is 4.79 Å². The SMILES string of the molecule is C=C1C(C(C)=O)CC2CC1C2(C)C. The molecule has 1 nitrogen and oxygen atoms in total. The first-order chi connectivity index (χ1) is 5.94. The summed E-state index contributed by atoms with van der Waals surface area (Å²) in [6.07, 6.45) is 2.33. The average Bonchev–Trinajstić information content (AvgIpc) is 2.02. The van der Waals surface area contributed by atoms with Gasteiger partial charge in [-0.15, -0.1) is 0 Å². The molecule has 0 aromatic carbocycles. The molecule has 2 bridgehead atoms. The highest BCUT2D eigenvalue weighted by Crippen LogP contribution is 2.62. The summed E-state index contributed by atoms with van der Waals surface area (Å²) in [5.74, 6) is 1.86. The molecule has 0 aromatic heterocycles. The highest BCUT2D eigenvalue weighted by Gasteiger charge is 2.55. The summed E-state index contributed by atoms with van der Waals surface area (Å²) in [5, 5.41) is 0. The Labute approximate surface area is 80.2 Å². The molecule has 3 aliphatic carbocycles. The van der Waals surface area contributed by atoms with Crippen molar-refractivity contribution in [2.75, 3.05) is 0 Å². The van der Waals surface area contributed by atoms with E-state index in [4.69, 9.17) is 0 Å². The highest BCUT2D eigenvalue weighted by molar-refractivity contribution is 5.81. The molecule has 3 fully saturated rings. The second kappa shape index (κ2) is 2.46. The lowest BCUT2D eigenvalue weighted by molar-refractivity contribution is -0.126. The Bertz CT molecular complexity index is 275. The minimum atomic E-state index is 0.178. The van der Waals surface area contributed by atoms with Crippen LogP contribution >= 0.6 is 0 Å². The van der Waals surface area contributed by atoms with Crippen LogP contribution in [0.1, 0.15) is 33.6 Å². The fourth-order valence-corrected chi connectivity index (χ4v) is 3.15. The number of ketones is 1. The molecule has 13 heavy (non-hydrogen) atoms. The molecule has 3 atom stereocenters. The molecule has 0 radical (unpaired) electrons. The summed E-state index contributed by atoms with van der Waals surface area (Å²) in [5.41, 5.74) is 1.63. The van der Waals surface area contributed by atoms with Crippen LogP contribution < -0.4 is 0 Å². The molecule has 0 saturated heterocycles. The Balaban J connectivity index is 2.21. The number of carbonyl (C=O) groups excluding carboxylic acids is 1. The van der Waals surface area contributed by atoms with Gasteiger partial charge in [0, 0.05) is 5.92 Å². The van der Waals surface area contributed by atoms with Crippen LogP contribution in [0.3, 0.4) is 0 Å². The summed E-state index contributed by atoms with van der Waals surface area (Å²) in [6, 6.07) is 0. The predicted octanol–water partition coefficient (Wildman–Crippen LogP) is 2.81. The number of fused-ring (bicyclic) bond motifs is 2. The third kappa shape index (κ3) is 1.02. The van der Waals surface area contributed by atoms with Crippen molar-refractivity contribution in [2.24, 2.45) is 23.2 Å². The van der Waals surface area contributed by atoms with Crippen LogP contribution in [0.4, 0.5) is 0 Å². The van der Waals surface area contributed by atoms with Crippen molar-refractivity contribution in [1.29, 1.82) is 0 Å². The van der Waals surface area contributed by atoms with Crippen molar-refractivity contribution in [3.63, 3.8) is 0 Å².